The summed E-state index contributed by atoms with van der Waals surface area (Å²) in [5, 5.41) is 0. The van der Waals surface area contributed by atoms with Gasteiger partial charge in [0.1, 0.15) is 0 Å². The fourth-order valence-corrected chi connectivity index (χ4v) is 2.74. The molecule has 0 aromatic rings. The SMILES string of the molecule is C1CCN2CCCC(C1)CCC2. The van der Waals surface area contributed by atoms with Crippen molar-refractivity contribution in [3.05, 3.63) is 0 Å². The molecular weight excluding hydrogens is 146 g/mol. The third-order valence-electron chi connectivity index (χ3n) is 3.51. The Balaban J connectivity index is 1.96. The van der Waals surface area contributed by atoms with Gasteiger partial charge in [-0.15, -0.1) is 0 Å². The minimum atomic E-state index is 1.09. The summed E-state index contributed by atoms with van der Waals surface area (Å²) in [6, 6.07) is 0. The molecule has 0 aromatic heterocycles. The number of rotatable bonds is 0. The Kier molecular flexibility index (Phi) is 3.04. The molecule has 0 unspecified atom stereocenters. The molecule has 3 saturated heterocycles. The second-order valence-corrected chi connectivity index (χ2v) is 4.49. The van der Waals surface area contributed by atoms with Gasteiger partial charge in [0, 0.05) is 0 Å². The minimum Gasteiger partial charge on any atom is -0.303 e. The van der Waals surface area contributed by atoms with Crippen LogP contribution in [0.2, 0.25) is 0 Å². The molecule has 70 valence electrons. The third-order valence-corrected chi connectivity index (χ3v) is 3.51. The molecule has 0 N–H and O–H groups in total. The lowest BCUT2D eigenvalue weighted by atomic mass is 9.92. The minimum absolute atomic E-state index is 1.09. The van der Waals surface area contributed by atoms with Crippen LogP contribution in [0.25, 0.3) is 0 Å². The van der Waals surface area contributed by atoms with Crippen LogP contribution in [0.5, 0.6) is 0 Å². The molecule has 0 saturated carbocycles. The second-order valence-electron chi connectivity index (χ2n) is 4.49. The maximum Gasteiger partial charge on any atom is -0.00186 e. The lowest BCUT2D eigenvalue weighted by Gasteiger charge is -2.24. The Morgan fingerprint density at radius 1 is 0.667 bits per heavy atom. The van der Waals surface area contributed by atoms with Crippen molar-refractivity contribution in [3.63, 3.8) is 0 Å². The van der Waals surface area contributed by atoms with Crippen LogP contribution in [0.4, 0.5) is 0 Å². The van der Waals surface area contributed by atoms with Crippen LogP contribution in [-0.4, -0.2) is 24.5 Å². The summed E-state index contributed by atoms with van der Waals surface area (Å²) in [7, 11) is 0. The van der Waals surface area contributed by atoms with Gasteiger partial charge in [-0.05, 0) is 57.7 Å². The van der Waals surface area contributed by atoms with E-state index >= 15 is 0 Å². The van der Waals surface area contributed by atoms with E-state index in [0.717, 1.165) is 5.92 Å². The highest BCUT2D eigenvalue weighted by molar-refractivity contribution is 4.71. The summed E-state index contributed by atoms with van der Waals surface area (Å²) in [6.45, 7) is 4.15. The molecule has 0 amide bonds. The first-order valence-electron chi connectivity index (χ1n) is 5.67. The Hall–Kier alpha value is -0.0400. The van der Waals surface area contributed by atoms with Crippen molar-refractivity contribution in [2.75, 3.05) is 19.6 Å². The Labute approximate surface area is 76.1 Å². The summed E-state index contributed by atoms with van der Waals surface area (Å²) in [6.07, 6.45) is 10.4. The van der Waals surface area contributed by atoms with Gasteiger partial charge in [0.15, 0.2) is 0 Å². The number of hydrogen-bond donors (Lipinski definition) is 0. The van der Waals surface area contributed by atoms with E-state index in [9.17, 15) is 0 Å². The maximum absolute atomic E-state index is 2.68. The predicted molar refractivity (Wildman–Crippen MR) is 52.2 cm³/mol. The van der Waals surface area contributed by atoms with Crippen LogP contribution in [0, 0.1) is 5.92 Å². The standard InChI is InChI=1S/C11H21N/c1-2-8-12-9-3-6-11(5-1)7-4-10-12/h11H,1-10H2. The van der Waals surface area contributed by atoms with Crippen LogP contribution in [0.3, 0.4) is 0 Å². The zero-order valence-electron chi connectivity index (χ0n) is 8.10. The molecule has 2 bridgehead atoms. The average molecular weight is 167 g/mol. The predicted octanol–water partition coefficient (Wildman–Crippen LogP) is 2.66. The molecule has 3 aliphatic heterocycles. The fourth-order valence-electron chi connectivity index (χ4n) is 2.74. The van der Waals surface area contributed by atoms with E-state index in [1.165, 1.54) is 64.6 Å². The maximum atomic E-state index is 2.68. The molecule has 12 heavy (non-hydrogen) atoms. The summed E-state index contributed by atoms with van der Waals surface area (Å²) in [5.41, 5.74) is 0. The van der Waals surface area contributed by atoms with Crippen LogP contribution < -0.4 is 0 Å². The molecule has 0 aromatic carbocycles. The molecule has 0 radical (unpaired) electrons. The van der Waals surface area contributed by atoms with E-state index in [2.05, 4.69) is 4.90 Å². The van der Waals surface area contributed by atoms with E-state index in [1.54, 1.807) is 0 Å². The van der Waals surface area contributed by atoms with E-state index in [0.29, 0.717) is 0 Å². The van der Waals surface area contributed by atoms with Crippen molar-refractivity contribution in [2.45, 2.75) is 44.9 Å². The summed E-state index contributed by atoms with van der Waals surface area (Å²) >= 11 is 0. The first kappa shape index (κ1) is 8.55. The largest absolute Gasteiger partial charge is 0.303 e. The third kappa shape index (κ3) is 2.22. The van der Waals surface area contributed by atoms with Gasteiger partial charge < -0.3 is 4.90 Å². The van der Waals surface area contributed by atoms with Gasteiger partial charge in [-0.1, -0.05) is 12.8 Å². The quantitative estimate of drug-likeness (QED) is 0.536. The van der Waals surface area contributed by atoms with Crippen LogP contribution >= 0.6 is 0 Å². The molecule has 1 nitrogen and oxygen atoms in total. The molecule has 3 aliphatic rings. The average Bonchev–Trinajstić information content (AvgIpc) is 2.18. The zero-order valence-corrected chi connectivity index (χ0v) is 8.10. The van der Waals surface area contributed by atoms with Gasteiger partial charge in [-0.2, -0.15) is 0 Å². The Morgan fingerprint density at radius 2 is 1.25 bits per heavy atom. The monoisotopic (exact) mass is 167 g/mol. The highest BCUT2D eigenvalue weighted by Crippen LogP contribution is 2.25. The highest BCUT2D eigenvalue weighted by atomic mass is 15.1. The Bertz CT molecular complexity index is 103. The number of nitrogens with zero attached hydrogens (tertiary/aromatic N) is 1. The van der Waals surface area contributed by atoms with E-state index in [4.69, 9.17) is 0 Å². The summed E-state index contributed by atoms with van der Waals surface area (Å²) in [4.78, 5) is 2.68. The lowest BCUT2D eigenvalue weighted by Crippen LogP contribution is -2.28. The zero-order chi connectivity index (χ0) is 8.23. The van der Waals surface area contributed by atoms with Gasteiger partial charge in [0.25, 0.3) is 0 Å². The van der Waals surface area contributed by atoms with Gasteiger partial charge in [0.2, 0.25) is 0 Å². The molecule has 3 rings (SSSR count). The summed E-state index contributed by atoms with van der Waals surface area (Å²) < 4.78 is 0. The van der Waals surface area contributed by atoms with Gasteiger partial charge in [0.05, 0.1) is 0 Å². The second kappa shape index (κ2) is 4.27. The first-order valence-corrected chi connectivity index (χ1v) is 5.67. The van der Waals surface area contributed by atoms with Crippen LogP contribution in [0.15, 0.2) is 0 Å². The van der Waals surface area contributed by atoms with Gasteiger partial charge in [-0.25, -0.2) is 0 Å². The van der Waals surface area contributed by atoms with E-state index in [-0.39, 0.29) is 0 Å². The van der Waals surface area contributed by atoms with Crippen LogP contribution in [-0.2, 0) is 0 Å². The van der Waals surface area contributed by atoms with Crippen molar-refractivity contribution in [1.82, 2.24) is 4.90 Å². The lowest BCUT2D eigenvalue weighted by molar-refractivity contribution is 0.239. The van der Waals surface area contributed by atoms with Crippen molar-refractivity contribution in [2.24, 2.45) is 5.92 Å². The fraction of sp³-hybridized carbons (Fsp3) is 1.00. The topological polar surface area (TPSA) is 3.24 Å². The normalized spacial score (nSPS) is 38.0. The van der Waals surface area contributed by atoms with Gasteiger partial charge >= 0.3 is 0 Å². The van der Waals surface area contributed by atoms with Gasteiger partial charge in [-0.3, -0.25) is 0 Å². The smallest absolute Gasteiger partial charge is 0.00186 e. The number of hydrogen-bond acceptors (Lipinski definition) is 1. The van der Waals surface area contributed by atoms with Crippen molar-refractivity contribution in [3.8, 4) is 0 Å². The van der Waals surface area contributed by atoms with Crippen molar-refractivity contribution >= 4 is 0 Å². The molecule has 0 spiro atoms. The first-order chi connectivity index (χ1) is 5.95. The van der Waals surface area contributed by atoms with Crippen molar-refractivity contribution in [1.29, 1.82) is 0 Å². The molecule has 1 heteroatoms. The number of fused-ring (bicyclic) bond motifs is 7. The summed E-state index contributed by atoms with van der Waals surface area (Å²) in [5.74, 6) is 1.09. The van der Waals surface area contributed by atoms with E-state index < -0.39 is 0 Å². The molecule has 3 fully saturated rings. The van der Waals surface area contributed by atoms with Crippen molar-refractivity contribution < 1.29 is 0 Å². The molecule has 3 heterocycles. The van der Waals surface area contributed by atoms with Crippen LogP contribution in [0.1, 0.15) is 44.9 Å². The molecular formula is C11H21N. The molecule has 0 aliphatic carbocycles. The highest BCUT2D eigenvalue weighted by Gasteiger charge is 2.16. The van der Waals surface area contributed by atoms with E-state index in [1.807, 2.05) is 0 Å². The Morgan fingerprint density at radius 3 is 2.00 bits per heavy atom. The molecule has 0 atom stereocenters.